The molecule has 0 aliphatic heterocycles. The van der Waals surface area contributed by atoms with Crippen molar-refractivity contribution in [3.05, 3.63) is 51.2 Å². The van der Waals surface area contributed by atoms with E-state index in [-0.39, 0.29) is 12.4 Å². The van der Waals surface area contributed by atoms with Gasteiger partial charge >= 0.3 is 0 Å². The maximum Gasteiger partial charge on any atom is 0.295 e. The molecule has 0 atom stereocenters. The molecule has 0 radical (unpaired) electrons. The molecule has 1 aromatic carbocycles. The molecule has 8 heteroatoms. The van der Waals surface area contributed by atoms with E-state index in [1.807, 2.05) is 0 Å². The number of aryl methyl sites for hydroxylation is 2. The predicted octanol–water partition coefficient (Wildman–Crippen LogP) is 3.09. The predicted molar refractivity (Wildman–Crippen MR) is 66.3 cm³/mol. The lowest BCUT2D eigenvalue weighted by molar-refractivity contribution is -0.384. The zero-order chi connectivity index (χ0) is 14.9. The van der Waals surface area contributed by atoms with Crippen molar-refractivity contribution in [3.63, 3.8) is 0 Å². The lowest BCUT2D eigenvalue weighted by atomic mass is 10.2. The van der Waals surface area contributed by atoms with Gasteiger partial charge in [-0.15, -0.1) is 0 Å². The Morgan fingerprint density at radius 1 is 1.40 bits per heavy atom. The summed E-state index contributed by atoms with van der Waals surface area (Å²) in [5, 5.41) is 13.2. The van der Waals surface area contributed by atoms with Crippen LogP contribution in [0.15, 0.2) is 16.5 Å². The Hall–Kier alpha value is -2.51. The molecule has 0 aliphatic carbocycles. The highest BCUT2D eigenvalue weighted by Gasteiger charge is 2.21. The highest BCUT2D eigenvalue weighted by molar-refractivity contribution is 5.62. The van der Waals surface area contributed by atoms with Gasteiger partial charge in [0.05, 0.1) is 17.2 Å². The number of oxazole rings is 1. The van der Waals surface area contributed by atoms with Gasteiger partial charge in [0, 0.05) is 6.07 Å². The van der Waals surface area contributed by atoms with Gasteiger partial charge in [-0.05, 0) is 19.9 Å². The number of aromatic nitrogens is 1. The fourth-order valence-corrected chi connectivity index (χ4v) is 1.64. The largest absolute Gasteiger partial charge is 0.444 e. The summed E-state index contributed by atoms with van der Waals surface area (Å²) in [5.74, 6) is -1.65. The van der Waals surface area contributed by atoms with Gasteiger partial charge in [-0.3, -0.25) is 10.1 Å². The van der Waals surface area contributed by atoms with Crippen LogP contribution >= 0.6 is 0 Å². The molecule has 0 bridgehead atoms. The van der Waals surface area contributed by atoms with Gasteiger partial charge in [0.1, 0.15) is 5.76 Å². The number of nitrogens with one attached hydrogen (secondary N) is 1. The van der Waals surface area contributed by atoms with Gasteiger partial charge in [0.15, 0.2) is 17.3 Å². The molecule has 1 N–H and O–H groups in total. The normalized spacial score (nSPS) is 10.6. The van der Waals surface area contributed by atoms with Crippen molar-refractivity contribution in [2.45, 2.75) is 20.4 Å². The fraction of sp³-hybridized carbons (Fsp3) is 0.250. The van der Waals surface area contributed by atoms with E-state index in [0.29, 0.717) is 17.5 Å². The number of hydrogen-bond acceptors (Lipinski definition) is 5. The maximum absolute atomic E-state index is 13.6. The molecule has 106 valence electrons. The minimum Gasteiger partial charge on any atom is -0.444 e. The minimum absolute atomic E-state index is 0.0874. The third kappa shape index (κ3) is 2.58. The molecule has 6 nitrogen and oxygen atoms in total. The Balaban J connectivity index is 2.28. The van der Waals surface area contributed by atoms with Crippen molar-refractivity contribution >= 4 is 11.4 Å². The van der Waals surface area contributed by atoms with E-state index in [1.54, 1.807) is 13.8 Å². The molecule has 0 unspecified atom stereocenters. The van der Waals surface area contributed by atoms with Crippen LogP contribution in [0.2, 0.25) is 0 Å². The van der Waals surface area contributed by atoms with Gasteiger partial charge in [0.2, 0.25) is 5.89 Å². The summed E-state index contributed by atoms with van der Waals surface area (Å²) in [7, 11) is 0. The van der Waals surface area contributed by atoms with Crippen molar-refractivity contribution in [1.82, 2.24) is 4.98 Å². The van der Waals surface area contributed by atoms with Crippen LogP contribution in [-0.2, 0) is 6.54 Å². The highest BCUT2D eigenvalue weighted by atomic mass is 19.2. The Kier molecular flexibility index (Phi) is 3.64. The summed E-state index contributed by atoms with van der Waals surface area (Å²) in [6.45, 7) is 3.35. The summed E-state index contributed by atoms with van der Waals surface area (Å²) in [4.78, 5) is 14.0. The number of nitro groups is 1. The molecular formula is C12H11F2N3O3. The van der Waals surface area contributed by atoms with Crippen LogP contribution in [0.3, 0.4) is 0 Å². The second-order valence-corrected chi connectivity index (χ2v) is 4.12. The SMILES string of the molecule is Cc1nc(CNc2c([N+](=O)[O-])ccc(F)c2F)oc1C. The van der Waals surface area contributed by atoms with Crippen LogP contribution in [0.25, 0.3) is 0 Å². The van der Waals surface area contributed by atoms with Crippen molar-refractivity contribution in [2.24, 2.45) is 0 Å². The quantitative estimate of drug-likeness (QED) is 0.688. The van der Waals surface area contributed by atoms with Gasteiger partial charge in [-0.25, -0.2) is 13.8 Å². The fourth-order valence-electron chi connectivity index (χ4n) is 1.64. The molecule has 0 aliphatic rings. The molecule has 0 saturated heterocycles. The van der Waals surface area contributed by atoms with E-state index in [2.05, 4.69) is 10.3 Å². The average Bonchev–Trinajstić information content (AvgIpc) is 2.70. The summed E-state index contributed by atoms with van der Waals surface area (Å²) in [6, 6.07) is 1.60. The Bertz CT molecular complexity index is 651. The third-order valence-corrected chi connectivity index (χ3v) is 2.76. The number of benzene rings is 1. The molecule has 0 fully saturated rings. The summed E-state index contributed by atoms with van der Waals surface area (Å²) in [5.41, 5.74) is -0.413. The molecule has 20 heavy (non-hydrogen) atoms. The lowest BCUT2D eigenvalue weighted by Gasteiger charge is -2.06. The van der Waals surface area contributed by atoms with E-state index in [4.69, 9.17) is 4.42 Å². The second-order valence-electron chi connectivity index (χ2n) is 4.12. The third-order valence-electron chi connectivity index (χ3n) is 2.76. The number of anilines is 1. The van der Waals surface area contributed by atoms with Crippen LogP contribution in [-0.4, -0.2) is 9.91 Å². The number of nitro benzene ring substituents is 1. The molecule has 2 aromatic rings. The molecule has 0 amide bonds. The number of hydrogen-bond donors (Lipinski definition) is 1. The Morgan fingerprint density at radius 2 is 2.10 bits per heavy atom. The molecule has 2 rings (SSSR count). The summed E-state index contributed by atoms with van der Waals surface area (Å²) >= 11 is 0. The zero-order valence-corrected chi connectivity index (χ0v) is 10.7. The van der Waals surface area contributed by atoms with Crippen LogP contribution in [0, 0.1) is 35.6 Å². The van der Waals surface area contributed by atoms with Crippen molar-refractivity contribution in [1.29, 1.82) is 0 Å². The van der Waals surface area contributed by atoms with Gasteiger partial charge in [-0.2, -0.15) is 0 Å². The molecule has 1 aromatic heterocycles. The van der Waals surface area contributed by atoms with E-state index in [0.717, 1.165) is 6.07 Å². The van der Waals surface area contributed by atoms with Crippen molar-refractivity contribution in [3.8, 4) is 0 Å². The monoisotopic (exact) mass is 283 g/mol. The molecular weight excluding hydrogens is 272 g/mol. The smallest absolute Gasteiger partial charge is 0.295 e. The minimum atomic E-state index is -1.31. The lowest BCUT2D eigenvalue weighted by Crippen LogP contribution is -2.06. The van der Waals surface area contributed by atoms with Crippen LogP contribution in [0.4, 0.5) is 20.2 Å². The van der Waals surface area contributed by atoms with Crippen molar-refractivity contribution < 1.29 is 18.1 Å². The summed E-state index contributed by atoms with van der Waals surface area (Å²) < 4.78 is 32.0. The number of halogens is 2. The first-order valence-electron chi connectivity index (χ1n) is 5.69. The first-order chi connectivity index (χ1) is 9.40. The van der Waals surface area contributed by atoms with Gasteiger partial charge in [0.25, 0.3) is 5.69 Å². The standard InChI is InChI=1S/C12H11F2N3O3/c1-6-7(2)20-10(16-6)5-15-12-9(17(18)19)4-3-8(13)11(12)14/h3-4,15H,5H2,1-2H3. The Labute approximate surface area is 112 Å². The van der Waals surface area contributed by atoms with Gasteiger partial charge in [-0.1, -0.05) is 0 Å². The maximum atomic E-state index is 13.6. The first kappa shape index (κ1) is 13.9. The van der Waals surface area contributed by atoms with Crippen LogP contribution in [0.1, 0.15) is 17.3 Å². The molecule has 0 saturated carbocycles. The van der Waals surface area contributed by atoms with Crippen LogP contribution in [0.5, 0.6) is 0 Å². The topological polar surface area (TPSA) is 81.2 Å². The van der Waals surface area contributed by atoms with E-state index in [1.165, 1.54) is 0 Å². The van der Waals surface area contributed by atoms with Crippen LogP contribution < -0.4 is 5.32 Å². The molecule has 0 spiro atoms. The van der Waals surface area contributed by atoms with E-state index < -0.39 is 27.9 Å². The van der Waals surface area contributed by atoms with Crippen molar-refractivity contribution in [2.75, 3.05) is 5.32 Å². The zero-order valence-electron chi connectivity index (χ0n) is 10.7. The average molecular weight is 283 g/mol. The highest BCUT2D eigenvalue weighted by Crippen LogP contribution is 2.29. The second kappa shape index (κ2) is 5.24. The number of nitrogens with zero attached hydrogens (tertiary/aromatic N) is 2. The van der Waals surface area contributed by atoms with Gasteiger partial charge < -0.3 is 9.73 Å². The van der Waals surface area contributed by atoms with E-state index in [9.17, 15) is 18.9 Å². The number of rotatable bonds is 4. The molecule has 1 heterocycles. The summed E-state index contributed by atoms with van der Waals surface area (Å²) in [6.07, 6.45) is 0. The first-order valence-corrected chi connectivity index (χ1v) is 5.69. The Morgan fingerprint density at radius 3 is 2.65 bits per heavy atom. The van der Waals surface area contributed by atoms with E-state index >= 15 is 0 Å².